The Balaban J connectivity index is 2.15. The second-order valence-electron chi connectivity index (χ2n) is 2.99. The minimum atomic E-state index is 0.664. The van der Waals surface area contributed by atoms with Crippen molar-refractivity contribution in [2.75, 3.05) is 0 Å². The summed E-state index contributed by atoms with van der Waals surface area (Å²) in [7, 11) is 0. The maximum atomic E-state index is 5.74. The molecule has 1 heterocycles. The molecular weight excluding hydrogens is 178 g/mol. The summed E-state index contributed by atoms with van der Waals surface area (Å²) < 4.78 is 0. The predicted molar refractivity (Wildman–Crippen MR) is 48.3 cm³/mol. The number of halogens is 1. The molecule has 1 aliphatic carbocycles. The zero-order valence-electron chi connectivity index (χ0n) is 6.22. The average molecular weight is 188 g/mol. The third-order valence-electron chi connectivity index (χ3n) is 2.20. The molecule has 0 atom stereocenters. The van der Waals surface area contributed by atoms with Gasteiger partial charge in [-0.1, -0.05) is 24.4 Å². The average Bonchev–Trinajstić information content (AvgIpc) is 2.55. The highest BCUT2D eigenvalue weighted by Crippen LogP contribution is 2.36. The minimum absolute atomic E-state index is 0.664. The zero-order chi connectivity index (χ0) is 7.68. The van der Waals surface area contributed by atoms with E-state index in [2.05, 4.69) is 4.98 Å². The lowest BCUT2D eigenvalue weighted by molar-refractivity contribution is 0.716. The fourth-order valence-electron chi connectivity index (χ4n) is 1.63. The molecule has 2 rings (SSSR count). The molecule has 0 N–H and O–H groups in total. The molecule has 3 heteroatoms. The van der Waals surface area contributed by atoms with E-state index in [0.717, 1.165) is 0 Å². The minimum Gasteiger partial charge on any atom is -0.229 e. The largest absolute Gasteiger partial charge is 0.229 e. The highest BCUT2D eigenvalue weighted by Gasteiger charge is 2.19. The third kappa shape index (κ3) is 1.57. The first-order valence-corrected chi connectivity index (χ1v) is 5.23. The predicted octanol–water partition coefficient (Wildman–Crippen LogP) is 3.45. The van der Waals surface area contributed by atoms with E-state index >= 15 is 0 Å². The molecular formula is C8H10ClNS. The molecule has 0 unspecified atom stereocenters. The van der Waals surface area contributed by atoms with Gasteiger partial charge >= 0.3 is 0 Å². The Hall–Kier alpha value is -0.0800. The van der Waals surface area contributed by atoms with Crippen molar-refractivity contribution in [2.45, 2.75) is 31.6 Å². The third-order valence-corrected chi connectivity index (χ3v) is 3.53. The Bertz CT molecular complexity index is 240. The van der Waals surface area contributed by atoms with Crippen molar-refractivity contribution in [1.29, 1.82) is 0 Å². The number of hydrogen-bond acceptors (Lipinski definition) is 2. The van der Waals surface area contributed by atoms with Crippen LogP contribution >= 0.6 is 22.9 Å². The molecule has 0 radical (unpaired) electrons. The highest BCUT2D eigenvalue weighted by atomic mass is 35.5. The number of rotatable bonds is 1. The number of nitrogens with zero attached hydrogens (tertiary/aromatic N) is 1. The van der Waals surface area contributed by atoms with Gasteiger partial charge in [-0.3, -0.25) is 0 Å². The lowest BCUT2D eigenvalue weighted by atomic mass is 10.1. The van der Waals surface area contributed by atoms with Crippen molar-refractivity contribution >= 4 is 22.9 Å². The van der Waals surface area contributed by atoms with E-state index in [-0.39, 0.29) is 0 Å². The van der Waals surface area contributed by atoms with Crippen molar-refractivity contribution in [2.24, 2.45) is 0 Å². The van der Waals surface area contributed by atoms with Crippen molar-refractivity contribution in [3.8, 4) is 0 Å². The van der Waals surface area contributed by atoms with E-state index in [1.54, 1.807) is 11.3 Å². The monoisotopic (exact) mass is 187 g/mol. The summed E-state index contributed by atoms with van der Waals surface area (Å²) in [6.07, 6.45) is 5.34. The maximum absolute atomic E-state index is 5.74. The first kappa shape index (κ1) is 7.56. The molecule has 1 aromatic rings. The molecule has 1 saturated carbocycles. The summed E-state index contributed by atoms with van der Waals surface area (Å²) >= 11 is 7.44. The summed E-state index contributed by atoms with van der Waals surface area (Å²) in [5, 5.41) is 3.83. The van der Waals surface area contributed by atoms with Gasteiger partial charge in [0.15, 0.2) is 0 Å². The first-order chi connectivity index (χ1) is 5.36. The Morgan fingerprint density at radius 3 is 2.73 bits per heavy atom. The van der Waals surface area contributed by atoms with Gasteiger partial charge in [0.05, 0.1) is 5.01 Å². The molecule has 0 aliphatic heterocycles. The fourth-order valence-corrected chi connectivity index (χ4v) is 2.75. The van der Waals surface area contributed by atoms with Crippen LogP contribution in [0.2, 0.25) is 5.15 Å². The van der Waals surface area contributed by atoms with E-state index in [4.69, 9.17) is 11.6 Å². The van der Waals surface area contributed by atoms with Crippen molar-refractivity contribution in [3.05, 3.63) is 15.5 Å². The van der Waals surface area contributed by atoms with E-state index in [9.17, 15) is 0 Å². The first-order valence-electron chi connectivity index (χ1n) is 3.97. The summed E-state index contributed by atoms with van der Waals surface area (Å²) in [6.45, 7) is 0. The Labute approximate surface area is 75.4 Å². The highest BCUT2D eigenvalue weighted by molar-refractivity contribution is 7.10. The van der Waals surface area contributed by atoms with Crippen LogP contribution in [-0.2, 0) is 0 Å². The standard InChI is InChI=1S/C8H10ClNS/c9-7-5-11-8(10-7)6-3-1-2-4-6/h5-6H,1-4H2. The lowest BCUT2D eigenvalue weighted by Gasteiger charge is -2.01. The molecule has 1 aromatic heterocycles. The van der Waals surface area contributed by atoms with Crippen molar-refractivity contribution in [3.63, 3.8) is 0 Å². The van der Waals surface area contributed by atoms with E-state index in [0.29, 0.717) is 11.1 Å². The Morgan fingerprint density at radius 2 is 2.18 bits per heavy atom. The van der Waals surface area contributed by atoms with E-state index < -0.39 is 0 Å². The quantitative estimate of drug-likeness (QED) is 0.656. The molecule has 60 valence electrons. The topological polar surface area (TPSA) is 12.9 Å². The van der Waals surface area contributed by atoms with Crippen LogP contribution in [0.1, 0.15) is 36.6 Å². The van der Waals surface area contributed by atoms with Crippen LogP contribution < -0.4 is 0 Å². The smallest absolute Gasteiger partial charge is 0.140 e. The number of thiazole rings is 1. The van der Waals surface area contributed by atoms with E-state index in [1.165, 1.54) is 30.7 Å². The van der Waals surface area contributed by atoms with Gasteiger partial charge in [-0.25, -0.2) is 4.98 Å². The molecule has 0 saturated heterocycles. The molecule has 11 heavy (non-hydrogen) atoms. The van der Waals surface area contributed by atoms with Gasteiger partial charge < -0.3 is 0 Å². The van der Waals surface area contributed by atoms with Crippen molar-refractivity contribution < 1.29 is 0 Å². The van der Waals surface area contributed by atoms with Gasteiger partial charge in [-0.05, 0) is 12.8 Å². The number of aromatic nitrogens is 1. The summed E-state index contributed by atoms with van der Waals surface area (Å²) in [5.41, 5.74) is 0. The summed E-state index contributed by atoms with van der Waals surface area (Å²) in [5.74, 6) is 0.715. The summed E-state index contributed by atoms with van der Waals surface area (Å²) in [4.78, 5) is 4.28. The van der Waals surface area contributed by atoms with Gasteiger partial charge in [0.2, 0.25) is 0 Å². The molecule has 0 aromatic carbocycles. The molecule has 0 bridgehead atoms. The maximum Gasteiger partial charge on any atom is 0.140 e. The van der Waals surface area contributed by atoms with Crippen LogP contribution in [0.4, 0.5) is 0 Å². The van der Waals surface area contributed by atoms with Crippen LogP contribution in [-0.4, -0.2) is 4.98 Å². The Morgan fingerprint density at radius 1 is 1.45 bits per heavy atom. The van der Waals surface area contributed by atoms with Crippen LogP contribution in [0.25, 0.3) is 0 Å². The molecule has 1 nitrogen and oxygen atoms in total. The van der Waals surface area contributed by atoms with Crippen molar-refractivity contribution in [1.82, 2.24) is 4.98 Å². The second-order valence-corrected chi connectivity index (χ2v) is 4.27. The summed E-state index contributed by atoms with van der Waals surface area (Å²) in [6, 6.07) is 0. The van der Waals surface area contributed by atoms with Crippen LogP contribution in [0.3, 0.4) is 0 Å². The van der Waals surface area contributed by atoms with Crippen LogP contribution in [0.5, 0.6) is 0 Å². The molecule has 0 spiro atoms. The van der Waals surface area contributed by atoms with Gasteiger partial charge in [-0.15, -0.1) is 11.3 Å². The zero-order valence-corrected chi connectivity index (χ0v) is 7.79. The molecule has 1 aliphatic rings. The Kier molecular flexibility index (Phi) is 2.14. The van der Waals surface area contributed by atoms with Gasteiger partial charge in [0.1, 0.15) is 5.15 Å². The fraction of sp³-hybridized carbons (Fsp3) is 0.625. The normalized spacial score (nSPS) is 19.4. The van der Waals surface area contributed by atoms with Gasteiger partial charge in [0.25, 0.3) is 0 Å². The van der Waals surface area contributed by atoms with E-state index in [1.807, 2.05) is 5.38 Å². The van der Waals surface area contributed by atoms with Gasteiger partial charge in [0, 0.05) is 11.3 Å². The molecule has 1 fully saturated rings. The van der Waals surface area contributed by atoms with Gasteiger partial charge in [-0.2, -0.15) is 0 Å². The lowest BCUT2D eigenvalue weighted by Crippen LogP contribution is -1.89. The van der Waals surface area contributed by atoms with Crippen LogP contribution in [0, 0.1) is 0 Å². The second kappa shape index (κ2) is 3.11. The van der Waals surface area contributed by atoms with Crippen LogP contribution in [0.15, 0.2) is 5.38 Å². The molecule has 0 amide bonds. The number of hydrogen-bond donors (Lipinski definition) is 0. The SMILES string of the molecule is Clc1csc(C2CCCC2)n1.